The molecule has 0 spiro atoms. The molecule has 24 heavy (non-hydrogen) atoms. The molecule has 0 radical (unpaired) electrons. The molecule has 0 saturated carbocycles. The summed E-state index contributed by atoms with van der Waals surface area (Å²) in [5, 5.41) is 2.93. The molecular formula is C18H26N2O4. The molecule has 2 rings (SSSR count). The van der Waals surface area contributed by atoms with Crippen molar-refractivity contribution in [2.45, 2.75) is 26.7 Å². The Labute approximate surface area is 143 Å². The van der Waals surface area contributed by atoms with E-state index in [9.17, 15) is 9.59 Å². The highest BCUT2D eigenvalue weighted by molar-refractivity contribution is 5.94. The van der Waals surface area contributed by atoms with Crippen molar-refractivity contribution >= 4 is 17.5 Å². The molecule has 1 aliphatic rings. The maximum atomic E-state index is 12.5. The lowest BCUT2D eigenvalue weighted by Crippen LogP contribution is -2.43. The fourth-order valence-electron chi connectivity index (χ4n) is 2.87. The minimum atomic E-state index is -0.0999. The van der Waals surface area contributed by atoms with Gasteiger partial charge in [-0.15, -0.1) is 0 Å². The Morgan fingerprint density at radius 2 is 1.83 bits per heavy atom. The first-order valence-electron chi connectivity index (χ1n) is 8.28. The van der Waals surface area contributed by atoms with Crippen LogP contribution in [-0.2, 0) is 9.59 Å². The average Bonchev–Trinajstić information content (AvgIpc) is 2.60. The number of amides is 2. The number of anilines is 1. The molecule has 1 aromatic carbocycles. The summed E-state index contributed by atoms with van der Waals surface area (Å²) < 4.78 is 10.5. The third-order valence-corrected chi connectivity index (χ3v) is 4.34. The molecule has 0 unspecified atom stereocenters. The van der Waals surface area contributed by atoms with Crippen LogP contribution >= 0.6 is 0 Å². The van der Waals surface area contributed by atoms with Gasteiger partial charge >= 0.3 is 0 Å². The topological polar surface area (TPSA) is 67.9 Å². The SMILES string of the molecule is COc1ccc(OC)c(NC(=O)C2CCN(C(=O)C(C)C)CC2)c1. The highest BCUT2D eigenvalue weighted by atomic mass is 16.5. The third-order valence-electron chi connectivity index (χ3n) is 4.34. The molecule has 0 aliphatic carbocycles. The van der Waals surface area contributed by atoms with Gasteiger partial charge in [0.2, 0.25) is 11.8 Å². The fraction of sp³-hybridized carbons (Fsp3) is 0.556. The van der Waals surface area contributed by atoms with Crippen molar-refractivity contribution in [3.63, 3.8) is 0 Å². The van der Waals surface area contributed by atoms with Gasteiger partial charge in [-0.1, -0.05) is 13.8 Å². The molecular weight excluding hydrogens is 308 g/mol. The molecule has 6 heteroatoms. The number of hydrogen-bond acceptors (Lipinski definition) is 4. The van der Waals surface area contributed by atoms with E-state index in [2.05, 4.69) is 5.32 Å². The van der Waals surface area contributed by atoms with Crippen LogP contribution in [0.3, 0.4) is 0 Å². The molecule has 1 saturated heterocycles. The molecule has 2 amide bonds. The number of ether oxygens (including phenoxy) is 2. The Morgan fingerprint density at radius 1 is 1.17 bits per heavy atom. The van der Waals surface area contributed by atoms with E-state index in [1.54, 1.807) is 32.4 Å². The minimum Gasteiger partial charge on any atom is -0.497 e. The fourth-order valence-corrected chi connectivity index (χ4v) is 2.87. The number of carbonyl (C=O) groups excluding carboxylic acids is 2. The van der Waals surface area contributed by atoms with Gasteiger partial charge < -0.3 is 19.7 Å². The highest BCUT2D eigenvalue weighted by Gasteiger charge is 2.28. The molecule has 0 bridgehead atoms. The smallest absolute Gasteiger partial charge is 0.227 e. The van der Waals surface area contributed by atoms with Crippen LogP contribution in [0, 0.1) is 11.8 Å². The van der Waals surface area contributed by atoms with E-state index in [0.29, 0.717) is 43.1 Å². The molecule has 1 N–H and O–H groups in total. The van der Waals surface area contributed by atoms with Crippen LogP contribution in [0.15, 0.2) is 18.2 Å². The summed E-state index contributed by atoms with van der Waals surface area (Å²) in [6.07, 6.45) is 1.35. The van der Waals surface area contributed by atoms with Crippen LogP contribution in [0.5, 0.6) is 11.5 Å². The monoisotopic (exact) mass is 334 g/mol. The number of piperidine rings is 1. The summed E-state index contributed by atoms with van der Waals surface area (Å²) in [6.45, 7) is 5.06. The minimum absolute atomic E-state index is 0.00331. The van der Waals surface area contributed by atoms with Gasteiger partial charge in [-0.05, 0) is 25.0 Å². The Hall–Kier alpha value is -2.24. The van der Waals surface area contributed by atoms with Gasteiger partial charge in [-0.3, -0.25) is 9.59 Å². The summed E-state index contributed by atoms with van der Waals surface area (Å²) in [4.78, 5) is 26.4. The van der Waals surface area contributed by atoms with E-state index >= 15 is 0 Å². The lowest BCUT2D eigenvalue weighted by Gasteiger charge is -2.32. The van der Waals surface area contributed by atoms with Gasteiger partial charge in [-0.2, -0.15) is 0 Å². The molecule has 1 fully saturated rings. The van der Waals surface area contributed by atoms with Crippen molar-refractivity contribution in [2.75, 3.05) is 32.6 Å². The zero-order valence-electron chi connectivity index (χ0n) is 14.8. The molecule has 0 aromatic heterocycles. The van der Waals surface area contributed by atoms with Crippen LogP contribution in [-0.4, -0.2) is 44.0 Å². The van der Waals surface area contributed by atoms with Gasteiger partial charge in [0.05, 0.1) is 19.9 Å². The normalized spacial score (nSPS) is 15.3. The second-order valence-corrected chi connectivity index (χ2v) is 6.31. The first-order valence-corrected chi connectivity index (χ1v) is 8.28. The molecule has 1 aliphatic heterocycles. The number of nitrogens with one attached hydrogen (secondary N) is 1. The number of nitrogens with zero attached hydrogens (tertiary/aromatic N) is 1. The van der Waals surface area contributed by atoms with Crippen molar-refractivity contribution in [3.05, 3.63) is 18.2 Å². The zero-order chi connectivity index (χ0) is 17.7. The number of likely N-dealkylation sites (tertiary alicyclic amines) is 1. The number of benzene rings is 1. The second-order valence-electron chi connectivity index (χ2n) is 6.31. The summed E-state index contributed by atoms with van der Waals surface area (Å²) in [6, 6.07) is 5.29. The third kappa shape index (κ3) is 4.19. The molecule has 0 atom stereocenters. The van der Waals surface area contributed by atoms with Crippen LogP contribution in [0.4, 0.5) is 5.69 Å². The Bertz CT molecular complexity index is 593. The van der Waals surface area contributed by atoms with Gasteiger partial charge in [0, 0.05) is 31.0 Å². The van der Waals surface area contributed by atoms with Gasteiger partial charge in [-0.25, -0.2) is 0 Å². The van der Waals surface area contributed by atoms with Crippen LogP contribution in [0.2, 0.25) is 0 Å². The Balaban J connectivity index is 1.98. The number of hydrogen-bond donors (Lipinski definition) is 1. The molecule has 132 valence electrons. The first kappa shape index (κ1) is 18.1. The van der Waals surface area contributed by atoms with Crippen molar-refractivity contribution < 1.29 is 19.1 Å². The van der Waals surface area contributed by atoms with Crippen molar-refractivity contribution in [1.29, 1.82) is 0 Å². The van der Waals surface area contributed by atoms with Crippen LogP contribution in [0.1, 0.15) is 26.7 Å². The summed E-state index contributed by atoms with van der Waals surface area (Å²) in [5.41, 5.74) is 0.600. The molecule has 1 aromatic rings. The van der Waals surface area contributed by atoms with E-state index in [-0.39, 0.29) is 23.7 Å². The van der Waals surface area contributed by atoms with E-state index in [0.717, 1.165) is 0 Å². The standard InChI is InChI=1S/C18H26N2O4/c1-12(2)18(22)20-9-7-13(8-10-20)17(21)19-15-11-14(23-3)5-6-16(15)24-4/h5-6,11-13H,7-10H2,1-4H3,(H,19,21). The summed E-state index contributed by atoms with van der Waals surface area (Å²) in [5.74, 6) is 1.26. The Kier molecular flexibility index (Phi) is 6.06. The van der Waals surface area contributed by atoms with Gasteiger partial charge in [0.1, 0.15) is 11.5 Å². The molecule has 6 nitrogen and oxygen atoms in total. The predicted molar refractivity (Wildman–Crippen MR) is 92.3 cm³/mol. The van der Waals surface area contributed by atoms with E-state index in [1.807, 2.05) is 18.7 Å². The lowest BCUT2D eigenvalue weighted by atomic mass is 9.95. The number of methoxy groups -OCH3 is 2. The number of carbonyl (C=O) groups is 2. The van der Waals surface area contributed by atoms with Crippen LogP contribution in [0.25, 0.3) is 0 Å². The highest BCUT2D eigenvalue weighted by Crippen LogP contribution is 2.30. The quantitative estimate of drug-likeness (QED) is 0.898. The number of rotatable bonds is 5. The average molecular weight is 334 g/mol. The molecule has 1 heterocycles. The maximum Gasteiger partial charge on any atom is 0.227 e. The first-order chi connectivity index (χ1) is 11.5. The van der Waals surface area contributed by atoms with E-state index < -0.39 is 0 Å². The van der Waals surface area contributed by atoms with Gasteiger partial charge in [0.25, 0.3) is 0 Å². The zero-order valence-corrected chi connectivity index (χ0v) is 14.8. The largest absolute Gasteiger partial charge is 0.497 e. The van der Waals surface area contributed by atoms with E-state index in [4.69, 9.17) is 9.47 Å². The second kappa shape index (κ2) is 8.04. The summed E-state index contributed by atoms with van der Waals surface area (Å²) in [7, 11) is 3.14. The summed E-state index contributed by atoms with van der Waals surface area (Å²) >= 11 is 0. The Morgan fingerprint density at radius 3 is 2.38 bits per heavy atom. The van der Waals surface area contributed by atoms with E-state index in [1.165, 1.54) is 0 Å². The van der Waals surface area contributed by atoms with Crippen LogP contribution < -0.4 is 14.8 Å². The predicted octanol–water partition coefficient (Wildman–Crippen LogP) is 2.54. The van der Waals surface area contributed by atoms with Crippen molar-refractivity contribution in [2.24, 2.45) is 11.8 Å². The van der Waals surface area contributed by atoms with Gasteiger partial charge in [0.15, 0.2) is 0 Å². The van der Waals surface area contributed by atoms with Crippen molar-refractivity contribution in [3.8, 4) is 11.5 Å². The van der Waals surface area contributed by atoms with Crippen molar-refractivity contribution in [1.82, 2.24) is 4.90 Å². The maximum absolute atomic E-state index is 12.5. The lowest BCUT2D eigenvalue weighted by molar-refractivity contribution is -0.137.